The summed E-state index contributed by atoms with van der Waals surface area (Å²) in [5.74, 6) is 0.0132. The molecule has 0 saturated carbocycles. The maximum absolute atomic E-state index is 10.4. The van der Waals surface area contributed by atoms with E-state index in [-0.39, 0.29) is 5.75 Å². The van der Waals surface area contributed by atoms with E-state index in [1.54, 1.807) is 30.3 Å². The lowest BCUT2D eigenvalue weighted by Gasteiger charge is -2.23. The van der Waals surface area contributed by atoms with Crippen LogP contribution in [0.5, 0.6) is 5.75 Å². The van der Waals surface area contributed by atoms with Crippen molar-refractivity contribution in [2.24, 2.45) is 5.92 Å². The third-order valence-electron chi connectivity index (χ3n) is 4.14. The Morgan fingerprint density at radius 2 is 2.08 bits per heavy atom. The number of phenolic OH excluding ortho intramolecular Hbond substituents is 1. The molecule has 2 rings (SSSR count). The number of rotatable bonds is 8. The summed E-state index contributed by atoms with van der Waals surface area (Å²) in [6, 6.07) is 8.17. The van der Waals surface area contributed by atoms with Crippen LogP contribution in [-0.2, 0) is 0 Å². The van der Waals surface area contributed by atoms with Gasteiger partial charge in [0.25, 0.3) is 0 Å². The molecule has 0 unspecified atom stereocenters. The van der Waals surface area contributed by atoms with Gasteiger partial charge in [-0.05, 0) is 55.7 Å². The Labute approximate surface area is 152 Å². The number of allylic oxidation sites excluding steroid dienone is 1. The topological polar surface area (TPSA) is 73.8 Å². The Balaban J connectivity index is 1.98. The third kappa shape index (κ3) is 5.23. The summed E-state index contributed by atoms with van der Waals surface area (Å²) in [5, 5.41) is 30.6. The number of hydrogen-bond acceptors (Lipinski definition) is 4. The molecule has 3 atom stereocenters. The van der Waals surface area contributed by atoms with Crippen molar-refractivity contribution in [3.05, 3.63) is 71.2 Å². The van der Waals surface area contributed by atoms with Crippen molar-refractivity contribution in [2.75, 3.05) is 0 Å². The SMILES string of the molecule is C=C[C@H]([C@H](O)CC/C(C)=C/c1ccc(O)cc1Cl)[C@H](O)c1ccco1. The molecule has 134 valence electrons. The lowest BCUT2D eigenvalue weighted by Crippen LogP contribution is -2.24. The zero-order valence-corrected chi connectivity index (χ0v) is 14.9. The van der Waals surface area contributed by atoms with Gasteiger partial charge in [0.1, 0.15) is 17.6 Å². The number of hydrogen-bond donors (Lipinski definition) is 3. The summed E-state index contributed by atoms with van der Waals surface area (Å²) >= 11 is 6.10. The van der Waals surface area contributed by atoms with Crippen LogP contribution in [0.3, 0.4) is 0 Å². The molecule has 0 aliphatic heterocycles. The molecule has 4 nitrogen and oxygen atoms in total. The van der Waals surface area contributed by atoms with Crippen LogP contribution in [0.15, 0.2) is 59.2 Å². The van der Waals surface area contributed by atoms with Crippen molar-refractivity contribution >= 4 is 17.7 Å². The standard InChI is InChI=1S/C20H23ClO4/c1-3-16(20(24)19-5-4-10-25-19)18(23)9-6-13(2)11-14-7-8-15(22)12-17(14)21/h3-5,7-8,10-12,16,18,20,22-24H,1,6,9H2,2H3/b13-11+/t16-,18-,20+/m1/s1. The quantitative estimate of drug-likeness (QED) is 0.594. The number of furan rings is 1. The summed E-state index contributed by atoms with van der Waals surface area (Å²) < 4.78 is 5.20. The van der Waals surface area contributed by atoms with Crippen LogP contribution in [0.4, 0.5) is 0 Å². The Hall–Kier alpha value is -2.01. The van der Waals surface area contributed by atoms with E-state index in [9.17, 15) is 15.3 Å². The molecular weight excluding hydrogens is 340 g/mol. The summed E-state index contributed by atoms with van der Waals surface area (Å²) in [7, 11) is 0. The number of phenols is 1. The molecule has 5 heteroatoms. The second kappa shape index (κ2) is 8.90. The third-order valence-corrected chi connectivity index (χ3v) is 4.46. The van der Waals surface area contributed by atoms with Crippen molar-refractivity contribution < 1.29 is 19.7 Å². The summed E-state index contributed by atoms with van der Waals surface area (Å²) in [4.78, 5) is 0. The number of aliphatic hydroxyl groups excluding tert-OH is 2. The van der Waals surface area contributed by atoms with Crippen LogP contribution < -0.4 is 0 Å². The van der Waals surface area contributed by atoms with Gasteiger partial charge < -0.3 is 19.7 Å². The monoisotopic (exact) mass is 362 g/mol. The fraction of sp³-hybridized carbons (Fsp3) is 0.300. The first-order chi connectivity index (χ1) is 11.9. The maximum atomic E-state index is 10.4. The molecule has 3 N–H and O–H groups in total. The highest BCUT2D eigenvalue weighted by Gasteiger charge is 2.27. The molecular formula is C20H23ClO4. The van der Waals surface area contributed by atoms with Gasteiger partial charge in [-0.25, -0.2) is 0 Å². The van der Waals surface area contributed by atoms with E-state index in [0.717, 1.165) is 11.1 Å². The maximum Gasteiger partial charge on any atom is 0.132 e. The summed E-state index contributed by atoms with van der Waals surface area (Å²) in [5.41, 5.74) is 1.84. The zero-order valence-electron chi connectivity index (χ0n) is 14.1. The molecule has 0 spiro atoms. The van der Waals surface area contributed by atoms with E-state index in [1.807, 2.05) is 13.0 Å². The molecule has 1 heterocycles. The normalized spacial score (nSPS) is 15.6. The summed E-state index contributed by atoms with van der Waals surface area (Å²) in [6.07, 6.45) is 4.36. The smallest absolute Gasteiger partial charge is 0.132 e. The van der Waals surface area contributed by atoms with Gasteiger partial charge in [0, 0.05) is 5.92 Å². The molecule has 0 saturated heterocycles. The number of benzene rings is 1. The van der Waals surface area contributed by atoms with Crippen molar-refractivity contribution in [3.63, 3.8) is 0 Å². The molecule has 0 radical (unpaired) electrons. The Morgan fingerprint density at radius 1 is 1.32 bits per heavy atom. The van der Waals surface area contributed by atoms with Crippen LogP contribution in [0.25, 0.3) is 6.08 Å². The van der Waals surface area contributed by atoms with Crippen LogP contribution in [0, 0.1) is 5.92 Å². The highest BCUT2D eigenvalue weighted by Crippen LogP contribution is 2.29. The van der Waals surface area contributed by atoms with Crippen LogP contribution in [0.1, 0.15) is 37.2 Å². The van der Waals surface area contributed by atoms with Crippen LogP contribution >= 0.6 is 11.6 Å². The van der Waals surface area contributed by atoms with Crippen molar-refractivity contribution in [1.29, 1.82) is 0 Å². The molecule has 1 aromatic carbocycles. The number of aromatic hydroxyl groups is 1. The van der Waals surface area contributed by atoms with E-state index in [2.05, 4.69) is 6.58 Å². The highest BCUT2D eigenvalue weighted by molar-refractivity contribution is 6.32. The first kappa shape index (κ1) is 19.3. The predicted molar refractivity (Wildman–Crippen MR) is 99.4 cm³/mol. The minimum atomic E-state index is -0.932. The van der Waals surface area contributed by atoms with Gasteiger partial charge in [0.05, 0.1) is 17.4 Å². The average Bonchev–Trinajstić information content (AvgIpc) is 3.10. The predicted octanol–water partition coefficient (Wildman–Crippen LogP) is 4.72. The average molecular weight is 363 g/mol. The Morgan fingerprint density at radius 3 is 2.68 bits per heavy atom. The first-order valence-corrected chi connectivity index (χ1v) is 8.48. The highest BCUT2D eigenvalue weighted by atomic mass is 35.5. The molecule has 0 fully saturated rings. The van der Waals surface area contributed by atoms with Crippen molar-refractivity contribution in [2.45, 2.75) is 32.0 Å². The minimum absolute atomic E-state index is 0.121. The van der Waals surface area contributed by atoms with E-state index in [1.165, 1.54) is 12.3 Å². The molecule has 1 aromatic heterocycles. The number of aliphatic hydroxyl groups is 2. The van der Waals surface area contributed by atoms with Gasteiger partial charge >= 0.3 is 0 Å². The molecule has 0 aliphatic rings. The lowest BCUT2D eigenvalue weighted by molar-refractivity contribution is 0.0208. The molecule has 0 bridgehead atoms. The fourth-order valence-electron chi connectivity index (χ4n) is 2.68. The van der Waals surface area contributed by atoms with Gasteiger partial charge in [-0.15, -0.1) is 6.58 Å². The summed E-state index contributed by atoms with van der Waals surface area (Å²) in [6.45, 7) is 5.66. The molecule has 25 heavy (non-hydrogen) atoms. The zero-order chi connectivity index (χ0) is 18.4. The second-order valence-electron chi connectivity index (χ2n) is 6.08. The first-order valence-electron chi connectivity index (χ1n) is 8.10. The lowest BCUT2D eigenvalue weighted by atomic mass is 9.90. The fourth-order valence-corrected chi connectivity index (χ4v) is 2.91. The van der Waals surface area contributed by atoms with Crippen molar-refractivity contribution in [3.8, 4) is 5.75 Å². The molecule has 2 aromatic rings. The van der Waals surface area contributed by atoms with E-state index >= 15 is 0 Å². The van der Waals surface area contributed by atoms with Gasteiger partial charge in [-0.2, -0.15) is 0 Å². The Kier molecular flexibility index (Phi) is 6.88. The van der Waals surface area contributed by atoms with Crippen LogP contribution in [0.2, 0.25) is 5.02 Å². The van der Waals surface area contributed by atoms with Crippen molar-refractivity contribution in [1.82, 2.24) is 0 Å². The van der Waals surface area contributed by atoms with E-state index < -0.39 is 18.1 Å². The van der Waals surface area contributed by atoms with Gasteiger partial charge in [-0.3, -0.25) is 0 Å². The van der Waals surface area contributed by atoms with Gasteiger partial charge in [0.15, 0.2) is 0 Å². The molecule has 0 aliphatic carbocycles. The Bertz CT molecular complexity index is 721. The van der Waals surface area contributed by atoms with Gasteiger partial charge in [-0.1, -0.05) is 29.3 Å². The van der Waals surface area contributed by atoms with E-state index in [0.29, 0.717) is 23.6 Å². The van der Waals surface area contributed by atoms with E-state index in [4.69, 9.17) is 16.0 Å². The largest absolute Gasteiger partial charge is 0.508 e. The van der Waals surface area contributed by atoms with Crippen LogP contribution in [-0.4, -0.2) is 21.4 Å². The second-order valence-corrected chi connectivity index (χ2v) is 6.48. The minimum Gasteiger partial charge on any atom is -0.508 e. The van der Waals surface area contributed by atoms with Gasteiger partial charge in [0.2, 0.25) is 0 Å². The molecule has 0 amide bonds. The number of halogens is 1.